The van der Waals surface area contributed by atoms with Crippen LogP contribution in [0.4, 0.5) is 5.69 Å². The first-order chi connectivity index (χ1) is 10.6. The third-order valence-electron chi connectivity index (χ3n) is 3.20. The second-order valence-corrected chi connectivity index (χ2v) is 4.59. The third kappa shape index (κ3) is 2.69. The molecule has 7 nitrogen and oxygen atoms in total. The number of rotatable bonds is 5. The number of oxazole rings is 1. The Bertz CT molecular complexity index is 864. The van der Waals surface area contributed by atoms with Crippen molar-refractivity contribution >= 4 is 16.8 Å². The molecule has 0 aliphatic rings. The highest BCUT2D eigenvalue weighted by Crippen LogP contribution is 2.17. The maximum atomic E-state index is 11.8. The number of hydrogen-bond donors (Lipinski definition) is 0. The van der Waals surface area contributed by atoms with Gasteiger partial charge in [-0.25, -0.2) is 4.79 Å². The Kier molecular flexibility index (Phi) is 3.61. The molecule has 0 aliphatic carbocycles. The van der Waals surface area contributed by atoms with E-state index in [4.69, 9.17) is 9.15 Å². The second-order valence-electron chi connectivity index (χ2n) is 4.59. The maximum absolute atomic E-state index is 11.8. The van der Waals surface area contributed by atoms with Gasteiger partial charge in [0.15, 0.2) is 5.58 Å². The molecule has 0 aliphatic heterocycles. The van der Waals surface area contributed by atoms with Gasteiger partial charge in [0.05, 0.1) is 17.0 Å². The maximum Gasteiger partial charge on any atom is 0.420 e. The van der Waals surface area contributed by atoms with Crippen molar-refractivity contribution in [3.05, 3.63) is 69.2 Å². The zero-order valence-corrected chi connectivity index (χ0v) is 11.5. The van der Waals surface area contributed by atoms with Crippen LogP contribution in [0, 0.1) is 10.1 Å². The molecule has 0 spiro atoms. The van der Waals surface area contributed by atoms with Crippen LogP contribution in [0.3, 0.4) is 0 Å². The van der Waals surface area contributed by atoms with Crippen LogP contribution in [0.25, 0.3) is 11.1 Å². The van der Waals surface area contributed by atoms with Crippen molar-refractivity contribution in [3.63, 3.8) is 0 Å². The Morgan fingerprint density at radius 2 is 1.86 bits per heavy atom. The summed E-state index contributed by atoms with van der Waals surface area (Å²) in [4.78, 5) is 21.9. The number of nitro groups is 1. The van der Waals surface area contributed by atoms with Crippen LogP contribution in [0.2, 0.25) is 0 Å². The van der Waals surface area contributed by atoms with Crippen LogP contribution in [0.15, 0.2) is 57.7 Å². The molecule has 3 aromatic rings. The zero-order chi connectivity index (χ0) is 15.5. The number of aromatic nitrogens is 1. The van der Waals surface area contributed by atoms with E-state index in [0.717, 1.165) is 0 Å². The van der Waals surface area contributed by atoms with E-state index in [-0.39, 0.29) is 12.3 Å². The molecule has 0 atom stereocenters. The van der Waals surface area contributed by atoms with Crippen molar-refractivity contribution < 1.29 is 14.1 Å². The van der Waals surface area contributed by atoms with Crippen molar-refractivity contribution in [1.29, 1.82) is 0 Å². The Morgan fingerprint density at radius 3 is 2.59 bits per heavy atom. The fraction of sp³-hybridized carbons (Fsp3) is 0.133. The monoisotopic (exact) mass is 300 g/mol. The number of nitrogens with zero attached hydrogens (tertiary/aromatic N) is 2. The molecule has 1 heterocycles. The first kappa shape index (κ1) is 13.9. The minimum atomic E-state index is -0.471. The summed E-state index contributed by atoms with van der Waals surface area (Å²) in [5.41, 5.74) is 1.24. The van der Waals surface area contributed by atoms with Gasteiger partial charge in [0, 0.05) is 12.1 Å². The van der Waals surface area contributed by atoms with E-state index in [0.29, 0.717) is 23.4 Å². The van der Waals surface area contributed by atoms with Gasteiger partial charge in [0.2, 0.25) is 0 Å². The van der Waals surface area contributed by atoms with Gasteiger partial charge in [0.25, 0.3) is 5.69 Å². The van der Waals surface area contributed by atoms with Crippen LogP contribution in [0.1, 0.15) is 0 Å². The molecule has 3 rings (SSSR count). The number of nitro benzene ring substituents is 1. The average molecular weight is 300 g/mol. The lowest BCUT2D eigenvalue weighted by Gasteiger charge is -2.06. The molecule has 0 saturated carbocycles. The van der Waals surface area contributed by atoms with Crippen molar-refractivity contribution in [1.82, 2.24) is 4.57 Å². The molecule has 0 amide bonds. The van der Waals surface area contributed by atoms with Gasteiger partial charge in [-0.3, -0.25) is 14.7 Å². The topological polar surface area (TPSA) is 87.5 Å². The van der Waals surface area contributed by atoms with Gasteiger partial charge in [0.1, 0.15) is 12.4 Å². The van der Waals surface area contributed by atoms with E-state index in [9.17, 15) is 14.9 Å². The van der Waals surface area contributed by atoms with E-state index in [1.807, 2.05) is 6.07 Å². The van der Waals surface area contributed by atoms with E-state index >= 15 is 0 Å². The van der Waals surface area contributed by atoms with Crippen LogP contribution in [0.5, 0.6) is 5.75 Å². The molecule has 0 unspecified atom stereocenters. The van der Waals surface area contributed by atoms with Crippen molar-refractivity contribution in [3.8, 4) is 5.75 Å². The number of fused-ring (bicyclic) bond motifs is 1. The fourth-order valence-electron chi connectivity index (χ4n) is 2.14. The average Bonchev–Trinajstić information content (AvgIpc) is 2.84. The largest absolute Gasteiger partial charge is 0.492 e. The molecule has 0 fully saturated rings. The fourth-order valence-corrected chi connectivity index (χ4v) is 2.14. The summed E-state index contributed by atoms with van der Waals surface area (Å²) >= 11 is 0. The first-order valence-corrected chi connectivity index (χ1v) is 6.61. The highest BCUT2D eigenvalue weighted by Gasteiger charge is 2.08. The lowest BCUT2D eigenvalue weighted by atomic mass is 10.3. The summed E-state index contributed by atoms with van der Waals surface area (Å²) < 4.78 is 12.1. The quantitative estimate of drug-likeness (QED) is 0.534. The molecule has 0 radical (unpaired) electrons. The standard InChI is InChI=1S/C15H12N2O5/c18-15-16(13-3-1-2-4-14(13)22-15)9-10-21-12-7-5-11(6-8-12)17(19)20/h1-8H,9-10H2. The number of benzene rings is 2. The molecular formula is C15H12N2O5. The number of para-hydroxylation sites is 2. The highest BCUT2D eigenvalue weighted by atomic mass is 16.6. The van der Waals surface area contributed by atoms with E-state index in [1.165, 1.54) is 28.8 Å². The van der Waals surface area contributed by atoms with Crippen LogP contribution >= 0.6 is 0 Å². The smallest absolute Gasteiger partial charge is 0.420 e. The molecule has 22 heavy (non-hydrogen) atoms. The molecular weight excluding hydrogens is 288 g/mol. The molecule has 112 valence electrons. The van der Waals surface area contributed by atoms with Gasteiger partial charge >= 0.3 is 5.76 Å². The van der Waals surface area contributed by atoms with Gasteiger partial charge in [-0.05, 0) is 24.3 Å². The van der Waals surface area contributed by atoms with E-state index < -0.39 is 10.7 Å². The Morgan fingerprint density at radius 1 is 1.14 bits per heavy atom. The van der Waals surface area contributed by atoms with Crippen molar-refractivity contribution in [2.75, 3.05) is 6.61 Å². The van der Waals surface area contributed by atoms with Gasteiger partial charge in [-0.2, -0.15) is 0 Å². The molecule has 2 aromatic carbocycles. The second kappa shape index (κ2) is 5.72. The summed E-state index contributed by atoms with van der Waals surface area (Å²) in [6, 6.07) is 12.9. The summed E-state index contributed by atoms with van der Waals surface area (Å²) in [6.07, 6.45) is 0. The first-order valence-electron chi connectivity index (χ1n) is 6.61. The summed E-state index contributed by atoms with van der Waals surface area (Å²) in [5.74, 6) is 0.0694. The lowest BCUT2D eigenvalue weighted by molar-refractivity contribution is -0.384. The van der Waals surface area contributed by atoms with Crippen LogP contribution < -0.4 is 10.5 Å². The lowest BCUT2D eigenvalue weighted by Crippen LogP contribution is -2.18. The van der Waals surface area contributed by atoms with Gasteiger partial charge in [-0.15, -0.1) is 0 Å². The Labute approximate surface area is 124 Å². The van der Waals surface area contributed by atoms with Gasteiger partial charge < -0.3 is 9.15 Å². The number of non-ortho nitro benzene ring substituents is 1. The van der Waals surface area contributed by atoms with E-state index in [1.54, 1.807) is 18.2 Å². The third-order valence-corrected chi connectivity index (χ3v) is 3.20. The van der Waals surface area contributed by atoms with Crippen LogP contribution in [-0.2, 0) is 6.54 Å². The normalized spacial score (nSPS) is 10.7. The van der Waals surface area contributed by atoms with Crippen molar-refractivity contribution in [2.45, 2.75) is 6.54 Å². The summed E-state index contributed by atoms with van der Waals surface area (Å²) in [6.45, 7) is 0.577. The molecule has 0 saturated heterocycles. The van der Waals surface area contributed by atoms with Crippen molar-refractivity contribution in [2.24, 2.45) is 0 Å². The summed E-state index contributed by atoms with van der Waals surface area (Å²) in [5, 5.41) is 10.6. The summed E-state index contributed by atoms with van der Waals surface area (Å²) in [7, 11) is 0. The van der Waals surface area contributed by atoms with Gasteiger partial charge in [-0.1, -0.05) is 12.1 Å². The highest BCUT2D eigenvalue weighted by molar-refractivity contribution is 5.72. The Balaban J connectivity index is 1.68. The zero-order valence-electron chi connectivity index (χ0n) is 11.5. The molecule has 1 aromatic heterocycles. The minimum Gasteiger partial charge on any atom is -0.492 e. The predicted octanol–water partition coefficient (Wildman–Crippen LogP) is 2.58. The van der Waals surface area contributed by atoms with Crippen LogP contribution in [-0.4, -0.2) is 16.1 Å². The molecule has 7 heteroatoms. The number of ether oxygens (including phenoxy) is 1. The molecule has 0 N–H and O–H groups in total. The SMILES string of the molecule is O=c1oc2ccccc2n1CCOc1ccc([N+](=O)[O-])cc1. The predicted molar refractivity (Wildman–Crippen MR) is 79.1 cm³/mol. The Hall–Kier alpha value is -3.09. The van der Waals surface area contributed by atoms with E-state index in [2.05, 4.69) is 0 Å². The molecule has 0 bridgehead atoms. The number of hydrogen-bond acceptors (Lipinski definition) is 5. The minimum absolute atomic E-state index is 0.00407.